The van der Waals surface area contributed by atoms with Crippen molar-refractivity contribution in [3.8, 4) is 22.8 Å². The zero-order valence-electron chi connectivity index (χ0n) is 15.7. The third kappa shape index (κ3) is 4.09. The number of nitrogens with zero attached hydrogens (tertiary/aromatic N) is 1. The van der Waals surface area contributed by atoms with Crippen LogP contribution in [0.25, 0.3) is 11.3 Å². The number of benzene rings is 2. The summed E-state index contributed by atoms with van der Waals surface area (Å²) in [5.74, 6) is 1.37. The summed E-state index contributed by atoms with van der Waals surface area (Å²) in [6.45, 7) is 4.50. The van der Waals surface area contributed by atoms with E-state index >= 15 is 0 Å². The average Bonchev–Trinajstić information content (AvgIpc) is 3.34. The van der Waals surface area contributed by atoms with Crippen LogP contribution >= 0.6 is 11.3 Å². The van der Waals surface area contributed by atoms with Gasteiger partial charge in [-0.25, -0.2) is 4.98 Å². The van der Waals surface area contributed by atoms with Gasteiger partial charge in [0.05, 0.1) is 10.7 Å². The van der Waals surface area contributed by atoms with E-state index in [1.807, 2.05) is 61.7 Å². The Balaban J connectivity index is 1.35. The number of hydrogen-bond acceptors (Lipinski definition) is 6. The number of carbonyl (C=O) groups excluding carboxylic acids is 1. The van der Waals surface area contributed by atoms with E-state index < -0.39 is 0 Å². The van der Waals surface area contributed by atoms with Crippen LogP contribution in [0.15, 0.2) is 47.8 Å². The molecule has 0 bridgehead atoms. The van der Waals surface area contributed by atoms with E-state index in [1.54, 1.807) is 11.3 Å². The van der Waals surface area contributed by atoms with Gasteiger partial charge in [-0.3, -0.25) is 4.79 Å². The molecule has 0 radical (unpaired) electrons. The molecule has 7 heteroatoms. The Hall–Kier alpha value is -3.06. The Morgan fingerprint density at radius 1 is 1.21 bits per heavy atom. The van der Waals surface area contributed by atoms with Gasteiger partial charge in [-0.2, -0.15) is 0 Å². The van der Waals surface area contributed by atoms with Gasteiger partial charge >= 0.3 is 0 Å². The molecule has 0 saturated heterocycles. The monoisotopic (exact) mass is 395 g/mol. The third-order valence-electron chi connectivity index (χ3n) is 4.46. The molecule has 0 saturated carbocycles. The van der Waals surface area contributed by atoms with Crippen LogP contribution in [0.5, 0.6) is 11.5 Å². The van der Waals surface area contributed by atoms with Crippen molar-refractivity contribution >= 4 is 22.9 Å². The predicted molar refractivity (Wildman–Crippen MR) is 110 cm³/mol. The van der Waals surface area contributed by atoms with Crippen molar-refractivity contribution in [3.63, 3.8) is 0 Å². The van der Waals surface area contributed by atoms with Crippen LogP contribution in [0.2, 0.25) is 0 Å². The lowest BCUT2D eigenvalue weighted by atomic mass is 10.1. The fourth-order valence-electron chi connectivity index (χ4n) is 2.97. The second-order valence-electron chi connectivity index (χ2n) is 6.60. The highest BCUT2D eigenvalue weighted by molar-refractivity contribution is 7.09. The van der Waals surface area contributed by atoms with E-state index in [-0.39, 0.29) is 18.7 Å². The molecule has 2 aromatic carbocycles. The maximum absolute atomic E-state index is 12.5. The van der Waals surface area contributed by atoms with E-state index in [2.05, 4.69) is 15.6 Å². The molecule has 2 N–H and O–H groups in total. The zero-order valence-corrected chi connectivity index (χ0v) is 16.5. The number of nitrogens with one attached hydrogen (secondary N) is 2. The second-order valence-corrected chi connectivity index (χ2v) is 7.67. The van der Waals surface area contributed by atoms with E-state index in [0.29, 0.717) is 12.3 Å². The Morgan fingerprint density at radius 3 is 2.89 bits per heavy atom. The molecule has 1 aliphatic rings. The molecule has 1 aliphatic heterocycles. The molecule has 4 rings (SSSR count). The summed E-state index contributed by atoms with van der Waals surface area (Å²) in [5.41, 5.74) is 3.83. The van der Waals surface area contributed by atoms with Gasteiger partial charge in [0.2, 0.25) is 12.7 Å². The van der Waals surface area contributed by atoms with Crippen molar-refractivity contribution in [3.05, 3.63) is 58.4 Å². The van der Waals surface area contributed by atoms with Crippen molar-refractivity contribution in [1.29, 1.82) is 0 Å². The first-order chi connectivity index (χ1) is 13.6. The largest absolute Gasteiger partial charge is 0.454 e. The number of aromatic nitrogens is 1. The smallest absolute Gasteiger partial charge is 0.242 e. The van der Waals surface area contributed by atoms with Gasteiger partial charge in [-0.1, -0.05) is 18.2 Å². The first-order valence-corrected chi connectivity index (χ1v) is 9.92. The van der Waals surface area contributed by atoms with Crippen molar-refractivity contribution in [2.75, 3.05) is 12.1 Å². The minimum Gasteiger partial charge on any atom is -0.454 e. The summed E-state index contributed by atoms with van der Waals surface area (Å²) < 4.78 is 10.7. The van der Waals surface area contributed by atoms with Gasteiger partial charge in [0.1, 0.15) is 6.04 Å². The number of hydrogen-bond donors (Lipinski definition) is 2. The number of anilines is 1. The number of carbonyl (C=O) groups is 1. The SMILES string of the molecule is Cc1nc(-c2cccc(N[C@H](C)C(=O)NCc3ccc4c(c3)OCO4)c2)cs1. The molecule has 0 spiro atoms. The van der Waals surface area contributed by atoms with Crippen LogP contribution in [0.1, 0.15) is 17.5 Å². The van der Waals surface area contributed by atoms with Gasteiger partial charge in [-0.15, -0.1) is 11.3 Å². The van der Waals surface area contributed by atoms with E-state index in [0.717, 1.165) is 33.3 Å². The topological polar surface area (TPSA) is 72.5 Å². The van der Waals surface area contributed by atoms with Crippen molar-refractivity contribution in [2.24, 2.45) is 0 Å². The lowest BCUT2D eigenvalue weighted by Crippen LogP contribution is -2.37. The molecule has 1 atom stereocenters. The molecule has 1 aromatic heterocycles. The summed E-state index contributed by atoms with van der Waals surface area (Å²) in [5, 5.41) is 9.28. The molecular formula is C21H21N3O3S. The number of fused-ring (bicyclic) bond motifs is 1. The van der Waals surface area contributed by atoms with Crippen LogP contribution < -0.4 is 20.1 Å². The number of ether oxygens (including phenoxy) is 2. The Morgan fingerprint density at radius 2 is 2.07 bits per heavy atom. The summed E-state index contributed by atoms with van der Waals surface area (Å²) >= 11 is 1.62. The fourth-order valence-corrected chi connectivity index (χ4v) is 3.60. The molecule has 0 aliphatic carbocycles. The van der Waals surface area contributed by atoms with Gasteiger partial charge in [0.15, 0.2) is 11.5 Å². The number of rotatable bonds is 6. The van der Waals surface area contributed by atoms with Gasteiger partial charge in [-0.05, 0) is 43.7 Å². The third-order valence-corrected chi connectivity index (χ3v) is 5.23. The zero-order chi connectivity index (χ0) is 19.5. The minimum absolute atomic E-state index is 0.0763. The molecular weight excluding hydrogens is 374 g/mol. The standard InChI is InChI=1S/C21H21N3O3S/c1-13(21(25)22-10-15-6-7-19-20(8-15)27-12-26-19)23-17-5-3-4-16(9-17)18-11-28-14(2)24-18/h3-9,11,13,23H,10,12H2,1-2H3,(H,22,25)/t13-/m1/s1. The molecule has 6 nitrogen and oxygen atoms in total. The molecule has 2 heterocycles. The average molecular weight is 395 g/mol. The van der Waals surface area contributed by atoms with Crippen molar-refractivity contribution < 1.29 is 14.3 Å². The molecule has 144 valence electrons. The predicted octanol–water partition coefficient (Wildman–Crippen LogP) is 3.96. The molecule has 1 amide bonds. The first kappa shape index (κ1) is 18.3. The maximum atomic E-state index is 12.5. The number of thiazole rings is 1. The second kappa shape index (κ2) is 7.90. The van der Waals surface area contributed by atoms with Crippen LogP contribution in [0.4, 0.5) is 5.69 Å². The highest BCUT2D eigenvalue weighted by Gasteiger charge is 2.15. The lowest BCUT2D eigenvalue weighted by Gasteiger charge is -2.16. The van der Waals surface area contributed by atoms with Crippen LogP contribution in [0, 0.1) is 6.92 Å². The molecule has 0 fully saturated rings. The molecule has 3 aromatic rings. The molecule has 0 unspecified atom stereocenters. The number of amides is 1. The van der Waals surface area contributed by atoms with Crippen LogP contribution in [-0.2, 0) is 11.3 Å². The van der Waals surface area contributed by atoms with Gasteiger partial charge in [0.25, 0.3) is 0 Å². The Kier molecular flexibility index (Phi) is 5.16. The fraction of sp³-hybridized carbons (Fsp3) is 0.238. The van der Waals surface area contributed by atoms with Gasteiger partial charge in [0, 0.05) is 23.2 Å². The molecule has 28 heavy (non-hydrogen) atoms. The Labute approximate surface area is 167 Å². The van der Waals surface area contributed by atoms with E-state index in [9.17, 15) is 4.79 Å². The summed E-state index contributed by atoms with van der Waals surface area (Å²) in [7, 11) is 0. The van der Waals surface area contributed by atoms with Crippen molar-refractivity contribution in [1.82, 2.24) is 10.3 Å². The summed E-state index contributed by atoms with van der Waals surface area (Å²) in [6, 6.07) is 13.2. The summed E-state index contributed by atoms with van der Waals surface area (Å²) in [6.07, 6.45) is 0. The highest BCUT2D eigenvalue weighted by atomic mass is 32.1. The summed E-state index contributed by atoms with van der Waals surface area (Å²) in [4.78, 5) is 17.0. The Bertz CT molecular complexity index is 1000. The lowest BCUT2D eigenvalue weighted by molar-refractivity contribution is -0.121. The van der Waals surface area contributed by atoms with Crippen LogP contribution in [0.3, 0.4) is 0 Å². The van der Waals surface area contributed by atoms with E-state index in [1.165, 1.54) is 0 Å². The van der Waals surface area contributed by atoms with Crippen LogP contribution in [-0.4, -0.2) is 23.7 Å². The minimum atomic E-state index is -0.374. The maximum Gasteiger partial charge on any atom is 0.242 e. The van der Waals surface area contributed by atoms with Gasteiger partial charge < -0.3 is 20.1 Å². The first-order valence-electron chi connectivity index (χ1n) is 9.04. The quantitative estimate of drug-likeness (QED) is 0.661. The van der Waals surface area contributed by atoms with Crippen molar-refractivity contribution in [2.45, 2.75) is 26.4 Å². The highest BCUT2D eigenvalue weighted by Crippen LogP contribution is 2.32. The van der Waals surface area contributed by atoms with E-state index in [4.69, 9.17) is 9.47 Å². The normalized spacial score (nSPS) is 13.2. The number of aryl methyl sites for hydroxylation is 1.